The van der Waals surface area contributed by atoms with Crippen molar-refractivity contribution in [2.24, 2.45) is 5.73 Å². The summed E-state index contributed by atoms with van der Waals surface area (Å²) >= 11 is 6.29. The van der Waals surface area contributed by atoms with Gasteiger partial charge >= 0.3 is 0 Å². The summed E-state index contributed by atoms with van der Waals surface area (Å²) in [5.74, 6) is 0.335. The highest BCUT2D eigenvalue weighted by molar-refractivity contribution is 6.31. The van der Waals surface area contributed by atoms with Crippen molar-refractivity contribution in [1.29, 1.82) is 0 Å². The average Bonchev–Trinajstić information content (AvgIpc) is 2.59. The molecule has 0 aromatic heterocycles. The molecule has 1 aliphatic heterocycles. The summed E-state index contributed by atoms with van der Waals surface area (Å²) in [6.07, 6.45) is 0.801. The summed E-state index contributed by atoms with van der Waals surface area (Å²) < 4.78 is 5.91. The molecule has 26 heavy (non-hydrogen) atoms. The summed E-state index contributed by atoms with van der Waals surface area (Å²) in [5, 5.41) is 11.6. The van der Waals surface area contributed by atoms with Gasteiger partial charge in [-0.05, 0) is 37.6 Å². The van der Waals surface area contributed by atoms with Crippen molar-refractivity contribution >= 4 is 34.9 Å². The lowest BCUT2D eigenvalue weighted by Crippen LogP contribution is -2.55. The van der Waals surface area contributed by atoms with Gasteiger partial charge in [0.25, 0.3) is 5.69 Å². The molecule has 2 aromatic carbocycles. The number of nitro benzene ring substituents is 1. The zero-order valence-corrected chi connectivity index (χ0v) is 15.1. The van der Waals surface area contributed by atoms with Crippen molar-refractivity contribution in [3.8, 4) is 5.75 Å². The Labute approximate surface area is 155 Å². The maximum Gasteiger partial charge on any atom is 0.273 e. The summed E-state index contributed by atoms with van der Waals surface area (Å²) in [6, 6.07) is 9.02. The van der Waals surface area contributed by atoms with E-state index in [1.807, 2.05) is 6.07 Å². The predicted octanol–water partition coefficient (Wildman–Crippen LogP) is 3.58. The summed E-state index contributed by atoms with van der Waals surface area (Å²) in [4.78, 5) is 24.2. The van der Waals surface area contributed by atoms with E-state index in [4.69, 9.17) is 22.1 Å². The Morgan fingerprint density at radius 1 is 1.35 bits per heavy atom. The summed E-state index contributed by atoms with van der Waals surface area (Å²) in [6.45, 7) is 3.82. The van der Waals surface area contributed by atoms with Gasteiger partial charge in [0.15, 0.2) is 5.75 Å². The Kier molecular flexibility index (Phi) is 4.60. The van der Waals surface area contributed by atoms with Crippen LogP contribution >= 0.6 is 11.6 Å². The van der Waals surface area contributed by atoms with Crippen LogP contribution in [-0.2, 0) is 11.3 Å². The van der Waals surface area contributed by atoms with E-state index in [0.717, 1.165) is 11.8 Å². The zero-order chi connectivity index (χ0) is 19.1. The molecular weight excluding hydrogens is 358 g/mol. The molecule has 0 fully saturated rings. The Morgan fingerprint density at radius 3 is 2.65 bits per heavy atom. The molecule has 2 N–H and O–H groups in total. The number of non-ortho nitro benzene ring substituents is 1. The molecule has 0 spiro atoms. The highest BCUT2D eigenvalue weighted by Crippen LogP contribution is 2.46. The molecule has 0 radical (unpaired) electrons. The van der Waals surface area contributed by atoms with Crippen molar-refractivity contribution in [3.05, 3.63) is 57.1 Å². The number of benzene rings is 2. The van der Waals surface area contributed by atoms with E-state index in [-0.39, 0.29) is 5.69 Å². The number of nitrogens with zero attached hydrogens (tertiary/aromatic N) is 2. The van der Waals surface area contributed by atoms with Gasteiger partial charge in [-0.3, -0.25) is 10.1 Å². The number of fused-ring (bicyclic) bond motifs is 1. The molecule has 1 atom stereocenters. The van der Waals surface area contributed by atoms with Gasteiger partial charge in [0.2, 0.25) is 0 Å². The van der Waals surface area contributed by atoms with E-state index in [9.17, 15) is 14.9 Å². The van der Waals surface area contributed by atoms with Crippen molar-refractivity contribution in [2.75, 3.05) is 4.90 Å². The number of nitro groups is 1. The van der Waals surface area contributed by atoms with Crippen LogP contribution in [0, 0.1) is 10.1 Å². The number of nitrogens with two attached hydrogens (primary N) is 1. The standard InChI is InChI=1S/C18H18ClN3O4/c1-18(2)17(10-23)21(12-4-3-11(9-20)14(19)7-12)15-6-5-13(22(24)25)8-16(15)26-18/h3-8,10,17H,9,20H2,1-2H3. The number of carbonyl (C=O) groups excluding carboxylic acids is 1. The Morgan fingerprint density at radius 2 is 2.08 bits per heavy atom. The summed E-state index contributed by atoms with van der Waals surface area (Å²) in [7, 11) is 0. The third-order valence-electron chi connectivity index (χ3n) is 4.44. The highest BCUT2D eigenvalue weighted by Gasteiger charge is 2.43. The molecule has 0 bridgehead atoms. The second-order valence-electron chi connectivity index (χ2n) is 6.55. The molecule has 0 saturated carbocycles. The highest BCUT2D eigenvalue weighted by atomic mass is 35.5. The Hall–Kier alpha value is -2.64. The van der Waals surface area contributed by atoms with Crippen LogP contribution in [0.2, 0.25) is 5.02 Å². The van der Waals surface area contributed by atoms with Gasteiger partial charge in [-0.2, -0.15) is 0 Å². The van der Waals surface area contributed by atoms with Crippen LogP contribution in [0.4, 0.5) is 17.1 Å². The Balaban J connectivity index is 2.20. The molecule has 8 heteroatoms. The number of ether oxygens (including phenoxy) is 1. The third-order valence-corrected chi connectivity index (χ3v) is 4.79. The van der Waals surface area contributed by atoms with Gasteiger partial charge in [-0.1, -0.05) is 17.7 Å². The second kappa shape index (κ2) is 6.59. The van der Waals surface area contributed by atoms with E-state index in [0.29, 0.717) is 28.7 Å². The zero-order valence-electron chi connectivity index (χ0n) is 14.3. The first-order chi connectivity index (χ1) is 12.3. The number of hydrogen-bond donors (Lipinski definition) is 1. The molecule has 7 nitrogen and oxygen atoms in total. The van der Waals surface area contributed by atoms with E-state index >= 15 is 0 Å². The lowest BCUT2D eigenvalue weighted by molar-refractivity contribution is -0.385. The lowest BCUT2D eigenvalue weighted by Gasteiger charge is -2.45. The largest absolute Gasteiger partial charge is 0.483 e. The van der Waals surface area contributed by atoms with E-state index in [1.165, 1.54) is 12.1 Å². The van der Waals surface area contributed by atoms with E-state index in [1.54, 1.807) is 36.9 Å². The van der Waals surface area contributed by atoms with Crippen molar-refractivity contribution in [3.63, 3.8) is 0 Å². The van der Waals surface area contributed by atoms with Crippen LogP contribution < -0.4 is 15.4 Å². The third kappa shape index (κ3) is 3.00. The van der Waals surface area contributed by atoms with Gasteiger partial charge in [-0.25, -0.2) is 0 Å². The molecule has 2 aromatic rings. The van der Waals surface area contributed by atoms with Gasteiger partial charge in [0, 0.05) is 23.3 Å². The molecule has 0 saturated heterocycles. The minimum Gasteiger partial charge on any atom is -0.483 e. The first-order valence-electron chi connectivity index (χ1n) is 7.99. The van der Waals surface area contributed by atoms with Gasteiger partial charge in [0.05, 0.1) is 16.7 Å². The molecule has 0 amide bonds. The maximum absolute atomic E-state index is 11.9. The van der Waals surface area contributed by atoms with Crippen LogP contribution in [0.3, 0.4) is 0 Å². The molecule has 136 valence electrons. The molecule has 3 rings (SSSR count). The number of rotatable bonds is 4. The van der Waals surface area contributed by atoms with Crippen molar-refractivity contribution in [2.45, 2.75) is 32.0 Å². The topological polar surface area (TPSA) is 98.7 Å². The fourth-order valence-electron chi connectivity index (χ4n) is 3.08. The average molecular weight is 376 g/mol. The van der Waals surface area contributed by atoms with Crippen LogP contribution in [0.25, 0.3) is 0 Å². The van der Waals surface area contributed by atoms with Crippen molar-refractivity contribution < 1.29 is 14.5 Å². The predicted molar refractivity (Wildman–Crippen MR) is 99.1 cm³/mol. The fourth-order valence-corrected chi connectivity index (χ4v) is 3.33. The van der Waals surface area contributed by atoms with E-state index < -0.39 is 16.6 Å². The van der Waals surface area contributed by atoms with Crippen LogP contribution in [0.15, 0.2) is 36.4 Å². The number of halogens is 1. The molecule has 0 aliphatic carbocycles. The first-order valence-corrected chi connectivity index (χ1v) is 8.36. The first kappa shape index (κ1) is 18.2. The van der Waals surface area contributed by atoms with Crippen LogP contribution in [0.5, 0.6) is 5.75 Å². The number of anilines is 2. The quantitative estimate of drug-likeness (QED) is 0.498. The SMILES string of the molecule is CC1(C)Oc2cc([N+](=O)[O-])ccc2N(c2ccc(CN)c(Cl)c2)C1C=O. The van der Waals surface area contributed by atoms with Crippen LogP contribution in [-0.4, -0.2) is 22.9 Å². The molecule has 1 aliphatic rings. The lowest BCUT2D eigenvalue weighted by atomic mass is 9.93. The minimum absolute atomic E-state index is 0.0828. The monoisotopic (exact) mass is 375 g/mol. The molecule has 1 heterocycles. The normalized spacial score (nSPS) is 18.0. The Bertz CT molecular complexity index is 885. The van der Waals surface area contributed by atoms with Gasteiger partial charge in [-0.15, -0.1) is 0 Å². The fraction of sp³-hybridized carbons (Fsp3) is 0.278. The molecular formula is C18H18ClN3O4. The smallest absolute Gasteiger partial charge is 0.273 e. The maximum atomic E-state index is 11.9. The number of hydrogen-bond acceptors (Lipinski definition) is 6. The molecule has 1 unspecified atom stereocenters. The minimum atomic E-state index is -0.900. The van der Waals surface area contributed by atoms with Crippen molar-refractivity contribution in [1.82, 2.24) is 0 Å². The van der Waals surface area contributed by atoms with Crippen LogP contribution in [0.1, 0.15) is 19.4 Å². The van der Waals surface area contributed by atoms with Gasteiger partial charge < -0.3 is 20.2 Å². The second-order valence-corrected chi connectivity index (χ2v) is 6.95. The summed E-state index contributed by atoms with van der Waals surface area (Å²) in [5.41, 5.74) is 6.70. The van der Waals surface area contributed by atoms with E-state index in [2.05, 4.69) is 0 Å². The number of aldehydes is 1. The number of carbonyl (C=O) groups is 1. The van der Waals surface area contributed by atoms with Gasteiger partial charge in [0.1, 0.15) is 17.9 Å².